The highest BCUT2D eigenvalue weighted by atomic mass is 16.6. The first-order valence-corrected chi connectivity index (χ1v) is 7.16. The molecule has 1 saturated heterocycles. The molecule has 0 amide bonds. The van der Waals surface area contributed by atoms with Crippen LogP contribution in [0.1, 0.15) is 54.4 Å². The van der Waals surface area contributed by atoms with Gasteiger partial charge in [0.25, 0.3) is 0 Å². The summed E-state index contributed by atoms with van der Waals surface area (Å²) in [5.74, 6) is -0.499. The van der Waals surface area contributed by atoms with Crippen molar-refractivity contribution in [1.82, 2.24) is 0 Å². The first-order valence-electron chi connectivity index (χ1n) is 7.16. The highest BCUT2D eigenvalue weighted by Crippen LogP contribution is 2.41. The lowest BCUT2D eigenvalue weighted by Crippen LogP contribution is -2.50. The van der Waals surface area contributed by atoms with Crippen LogP contribution in [0, 0.1) is 17.8 Å². The van der Waals surface area contributed by atoms with Gasteiger partial charge in [0.15, 0.2) is 5.60 Å². The van der Waals surface area contributed by atoms with Crippen LogP contribution in [0.25, 0.3) is 0 Å². The number of hydrogen-bond donors (Lipinski definition) is 0. The van der Waals surface area contributed by atoms with E-state index >= 15 is 0 Å². The maximum Gasteiger partial charge on any atom is 0.310 e. The molecule has 1 rings (SSSR count). The van der Waals surface area contributed by atoms with Gasteiger partial charge in [0.1, 0.15) is 6.10 Å². The number of esters is 2. The first kappa shape index (κ1) is 16.0. The minimum atomic E-state index is -0.814. The molecular formula is C15H26O4. The quantitative estimate of drug-likeness (QED) is 0.721. The predicted molar refractivity (Wildman–Crippen MR) is 72.5 cm³/mol. The Bertz CT molecular complexity index is 348. The van der Waals surface area contributed by atoms with Gasteiger partial charge in [0.2, 0.25) is 0 Å². The highest BCUT2D eigenvalue weighted by Gasteiger charge is 2.55. The Morgan fingerprint density at radius 1 is 1.37 bits per heavy atom. The summed E-state index contributed by atoms with van der Waals surface area (Å²) in [5, 5.41) is 0. The molecule has 0 aromatic rings. The lowest BCUT2D eigenvalue weighted by atomic mass is 9.79. The zero-order valence-electron chi connectivity index (χ0n) is 12.9. The van der Waals surface area contributed by atoms with Crippen molar-refractivity contribution in [2.75, 3.05) is 0 Å². The SMILES string of the molecule is CCC(C)C(=O)OC1(C(C)C)CC(=O)OC1C(C)C. The van der Waals surface area contributed by atoms with Crippen LogP contribution in [0.3, 0.4) is 0 Å². The van der Waals surface area contributed by atoms with Gasteiger partial charge in [-0.1, -0.05) is 41.5 Å². The molecule has 0 bridgehead atoms. The minimum Gasteiger partial charge on any atom is -0.458 e. The first-order chi connectivity index (χ1) is 8.74. The monoisotopic (exact) mass is 270 g/mol. The second-order valence-corrected chi connectivity index (χ2v) is 6.17. The second-order valence-electron chi connectivity index (χ2n) is 6.17. The molecule has 110 valence electrons. The summed E-state index contributed by atoms with van der Waals surface area (Å²) in [6.45, 7) is 11.7. The highest BCUT2D eigenvalue weighted by molar-refractivity contribution is 5.77. The van der Waals surface area contributed by atoms with E-state index in [1.54, 1.807) is 0 Å². The van der Waals surface area contributed by atoms with Gasteiger partial charge in [-0.2, -0.15) is 0 Å². The maximum atomic E-state index is 12.1. The largest absolute Gasteiger partial charge is 0.458 e. The van der Waals surface area contributed by atoms with Gasteiger partial charge in [-0.3, -0.25) is 9.59 Å². The van der Waals surface area contributed by atoms with Crippen molar-refractivity contribution < 1.29 is 19.1 Å². The van der Waals surface area contributed by atoms with E-state index in [0.717, 1.165) is 6.42 Å². The molecule has 0 aromatic carbocycles. The number of cyclic esters (lactones) is 1. The van der Waals surface area contributed by atoms with Gasteiger partial charge in [-0.25, -0.2) is 0 Å². The molecule has 4 heteroatoms. The smallest absolute Gasteiger partial charge is 0.310 e. The van der Waals surface area contributed by atoms with Gasteiger partial charge in [0.05, 0.1) is 12.3 Å². The average Bonchev–Trinajstić information content (AvgIpc) is 2.66. The van der Waals surface area contributed by atoms with Crippen LogP contribution in [0.4, 0.5) is 0 Å². The Labute approximate surface area is 115 Å². The fraction of sp³-hybridized carbons (Fsp3) is 0.867. The Morgan fingerprint density at radius 2 is 1.95 bits per heavy atom. The van der Waals surface area contributed by atoms with E-state index in [1.165, 1.54) is 0 Å². The summed E-state index contributed by atoms with van der Waals surface area (Å²) >= 11 is 0. The van der Waals surface area contributed by atoms with Crippen molar-refractivity contribution in [1.29, 1.82) is 0 Å². The van der Waals surface area contributed by atoms with Crippen molar-refractivity contribution in [3.05, 3.63) is 0 Å². The van der Waals surface area contributed by atoms with Gasteiger partial charge in [-0.15, -0.1) is 0 Å². The molecule has 1 aliphatic rings. The number of hydrogen-bond acceptors (Lipinski definition) is 4. The lowest BCUT2D eigenvalue weighted by Gasteiger charge is -2.38. The molecule has 0 aromatic heterocycles. The van der Waals surface area contributed by atoms with E-state index in [-0.39, 0.29) is 42.2 Å². The van der Waals surface area contributed by atoms with E-state index in [4.69, 9.17) is 9.47 Å². The Balaban J connectivity index is 3.03. The van der Waals surface area contributed by atoms with E-state index in [1.807, 2.05) is 41.5 Å². The van der Waals surface area contributed by atoms with Gasteiger partial charge in [-0.05, 0) is 18.3 Å². The van der Waals surface area contributed by atoms with Crippen LogP contribution >= 0.6 is 0 Å². The van der Waals surface area contributed by atoms with Crippen LogP contribution in [0.5, 0.6) is 0 Å². The fourth-order valence-corrected chi connectivity index (χ4v) is 2.51. The summed E-state index contributed by atoms with van der Waals surface area (Å²) in [7, 11) is 0. The molecule has 4 nitrogen and oxygen atoms in total. The van der Waals surface area contributed by atoms with Crippen LogP contribution in [-0.4, -0.2) is 23.6 Å². The molecule has 0 N–H and O–H groups in total. The molecule has 19 heavy (non-hydrogen) atoms. The van der Waals surface area contributed by atoms with Crippen molar-refractivity contribution in [3.63, 3.8) is 0 Å². The Morgan fingerprint density at radius 3 is 2.37 bits per heavy atom. The number of ether oxygens (including phenoxy) is 2. The van der Waals surface area contributed by atoms with E-state index in [9.17, 15) is 9.59 Å². The minimum absolute atomic E-state index is 0.0411. The third-order valence-electron chi connectivity index (χ3n) is 4.05. The third-order valence-corrected chi connectivity index (χ3v) is 4.05. The van der Waals surface area contributed by atoms with E-state index in [0.29, 0.717) is 0 Å². The van der Waals surface area contributed by atoms with Crippen molar-refractivity contribution in [3.8, 4) is 0 Å². The zero-order chi connectivity index (χ0) is 14.8. The number of rotatable bonds is 5. The molecule has 1 heterocycles. The standard InChI is InChI=1S/C15H26O4/c1-7-11(6)14(17)19-15(10(4)5)8-12(16)18-13(15)9(2)3/h9-11,13H,7-8H2,1-6H3. The average molecular weight is 270 g/mol. The van der Waals surface area contributed by atoms with Crippen molar-refractivity contribution in [2.45, 2.75) is 66.1 Å². The summed E-state index contributed by atoms with van der Waals surface area (Å²) in [5.41, 5.74) is -0.814. The molecule has 1 fully saturated rings. The van der Waals surface area contributed by atoms with E-state index in [2.05, 4.69) is 0 Å². The maximum absolute atomic E-state index is 12.1. The molecule has 3 unspecified atom stereocenters. The molecule has 0 saturated carbocycles. The summed E-state index contributed by atoms with van der Waals surface area (Å²) < 4.78 is 11.2. The molecular weight excluding hydrogens is 244 g/mol. The molecule has 0 radical (unpaired) electrons. The molecule has 3 atom stereocenters. The predicted octanol–water partition coefficient (Wildman–Crippen LogP) is 2.94. The summed E-state index contributed by atoms with van der Waals surface area (Å²) in [4.78, 5) is 23.8. The summed E-state index contributed by atoms with van der Waals surface area (Å²) in [6.07, 6.45) is 0.539. The topological polar surface area (TPSA) is 52.6 Å². The van der Waals surface area contributed by atoms with Crippen LogP contribution in [0.2, 0.25) is 0 Å². The van der Waals surface area contributed by atoms with Crippen molar-refractivity contribution in [2.24, 2.45) is 17.8 Å². The van der Waals surface area contributed by atoms with Gasteiger partial charge < -0.3 is 9.47 Å². The fourth-order valence-electron chi connectivity index (χ4n) is 2.51. The second kappa shape index (κ2) is 5.93. The van der Waals surface area contributed by atoms with Crippen molar-refractivity contribution >= 4 is 11.9 Å². The zero-order valence-corrected chi connectivity index (χ0v) is 12.9. The lowest BCUT2D eigenvalue weighted by molar-refractivity contribution is -0.181. The molecule has 0 aliphatic carbocycles. The molecule has 0 spiro atoms. The van der Waals surface area contributed by atoms with Gasteiger partial charge >= 0.3 is 11.9 Å². The van der Waals surface area contributed by atoms with Crippen LogP contribution < -0.4 is 0 Å². The third kappa shape index (κ3) is 3.10. The Kier molecular flexibility index (Phi) is 4.99. The van der Waals surface area contributed by atoms with Crippen LogP contribution in [-0.2, 0) is 19.1 Å². The van der Waals surface area contributed by atoms with Gasteiger partial charge in [0, 0.05) is 0 Å². The normalized spacial score (nSPS) is 28.6. The van der Waals surface area contributed by atoms with Crippen LogP contribution in [0.15, 0.2) is 0 Å². The number of carbonyl (C=O) groups is 2. The Hall–Kier alpha value is -1.06. The molecule has 1 aliphatic heterocycles. The van der Waals surface area contributed by atoms with E-state index < -0.39 is 5.60 Å². The number of carbonyl (C=O) groups excluding carboxylic acids is 2. The summed E-state index contributed by atoms with van der Waals surface area (Å²) in [6, 6.07) is 0.